The van der Waals surface area contributed by atoms with Crippen molar-refractivity contribution in [3.63, 3.8) is 0 Å². The molecule has 0 heterocycles. The minimum absolute atomic E-state index is 0.537. The van der Waals surface area contributed by atoms with Crippen molar-refractivity contribution in [1.29, 1.82) is 0 Å². The van der Waals surface area contributed by atoms with Crippen LogP contribution in [0.1, 0.15) is 42.4 Å². The molecular formula is C21H26BrNO2. The molecule has 0 amide bonds. The lowest BCUT2D eigenvalue weighted by Gasteiger charge is -2.17. The van der Waals surface area contributed by atoms with E-state index >= 15 is 0 Å². The molecule has 0 bridgehead atoms. The van der Waals surface area contributed by atoms with Gasteiger partial charge >= 0.3 is 0 Å². The van der Waals surface area contributed by atoms with E-state index in [-0.39, 0.29) is 0 Å². The van der Waals surface area contributed by atoms with Crippen LogP contribution >= 0.6 is 15.9 Å². The quantitative estimate of drug-likeness (QED) is 0.672. The molecule has 0 radical (unpaired) electrons. The van der Waals surface area contributed by atoms with Gasteiger partial charge in [-0.3, -0.25) is 0 Å². The average molecular weight is 404 g/mol. The molecule has 1 N–H and O–H groups in total. The van der Waals surface area contributed by atoms with E-state index in [0.29, 0.717) is 12.6 Å². The van der Waals surface area contributed by atoms with Crippen molar-refractivity contribution in [2.24, 2.45) is 0 Å². The van der Waals surface area contributed by atoms with E-state index < -0.39 is 0 Å². The van der Waals surface area contributed by atoms with Gasteiger partial charge in [0, 0.05) is 17.1 Å². The Morgan fingerprint density at radius 2 is 1.84 bits per heavy atom. The van der Waals surface area contributed by atoms with Crippen molar-refractivity contribution in [3.8, 4) is 11.5 Å². The highest BCUT2D eigenvalue weighted by Crippen LogP contribution is 2.34. The summed E-state index contributed by atoms with van der Waals surface area (Å²) in [5.74, 6) is 1.54. The molecule has 25 heavy (non-hydrogen) atoms. The smallest absolute Gasteiger partial charge is 0.162 e. The van der Waals surface area contributed by atoms with Crippen molar-refractivity contribution in [2.75, 3.05) is 7.11 Å². The van der Waals surface area contributed by atoms with Gasteiger partial charge in [0.05, 0.1) is 7.11 Å². The second-order valence-corrected chi connectivity index (χ2v) is 7.53. The molecule has 0 spiro atoms. The summed E-state index contributed by atoms with van der Waals surface area (Å²) in [6.07, 6.45) is 5.25. The van der Waals surface area contributed by atoms with E-state index in [9.17, 15) is 0 Å². The third-order valence-electron chi connectivity index (χ3n) is 4.91. The first kappa shape index (κ1) is 18.3. The summed E-state index contributed by atoms with van der Waals surface area (Å²) in [5, 5.41) is 3.65. The van der Waals surface area contributed by atoms with Crippen LogP contribution in [0.25, 0.3) is 0 Å². The van der Waals surface area contributed by atoms with Gasteiger partial charge in [-0.2, -0.15) is 0 Å². The summed E-state index contributed by atoms with van der Waals surface area (Å²) < 4.78 is 12.6. The van der Waals surface area contributed by atoms with Crippen molar-refractivity contribution in [2.45, 2.75) is 51.8 Å². The summed E-state index contributed by atoms with van der Waals surface area (Å²) in [6.45, 7) is 3.48. The topological polar surface area (TPSA) is 30.5 Å². The molecule has 3 rings (SSSR count). The molecule has 3 nitrogen and oxygen atoms in total. The largest absolute Gasteiger partial charge is 0.493 e. The highest BCUT2D eigenvalue weighted by molar-refractivity contribution is 9.10. The van der Waals surface area contributed by atoms with E-state index in [1.165, 1.54) is 42.4 Å². The van der Waals surface area contributed by atoms with Gasteiger partial charge in [0.2, 0.25) is 0 Å². The Labute approximate surface area is 158 Å². The van der Waals surface area contributed by atoms with Crippen LogP contribution in [0.2, 0.25) is 0 Å². The van der Waals surface area contributed by atoms with Crippen molar-refractivity contribution >= 4 is 15.9 Å². The van der Waals surface area contributed by atoms with Crippen LogP contribution in [0.15, 0.2) is 40.9 Å². The van der Waals surface area contributed by atoms with Crippen molar-refractivity contribution in [3.05, 3.63) is 57.6 Å². The predicted octanol–water partition coefficient (Wildman–Crippen LogP) is 5.38. The van der Waals surface area contributed by atoms with Gasteiger partial charge in [0.15, 0.2) is 11.5 Å². The highest BCUT2D eigenvalue weighted by Gasteiger charge is 2.16. The third-order valence-corrected chi connectivity index (χ3v) is 5.65. The lowest BCUT2D eigenvalue weighted by atomic mass is 10.1. The van der Waals surface area contributed by atoms with Crippen LogP contribution < -0.4 is 14.8 Å². The Morgan fingerprint density at radius 1 is 1.08 bits per heavy atom. The number of aryl methyl sites for hydroxylation is 1. The normalized spacial score (nSPS) is 14.7. The maximum Gasteiger partial charge on any atom is 0.162 e. The number of hydrogen-bond donors (Lipinski definition) is 1. The first-order valence-corrected chi connectivity index (χ1v) is 9.74. The highest BCUT2D eigenvalue weighted by atomic mass is 79.9. The van der Waals surface area contributed by atoms with Gasteiger partial charge in [-0.15, -0.1) is 0 Å². The second kappa shape index (κ2) is 8.72. The van der Waals surface area contributed by atoms with E-state index in [0.717, 1.165) is 22.5 Å². The fourth-order valence-electron chi connectivity index (χ4n) is 3.30. The molecule has 1 fully saturated rings. The maximum atomic E-state index is 6.03. The molecule has 1 aliphatic carbocycles. The average Bonchev–Trinajstić information content (AvgIpc) is 3.13. The van der Waals surface area contributed by atoms with Gasteiger partial charge in [0.25, 0.3) is 0 Å². The van der Waals surface area contributed by atoms with Crippen LogP contribution in [0, 0.1) is 6.92 Å². The Balaban J connectivity index is 1.69. The maximum absolute atomic E-state index is 6.03. The Bertz CT molecular complexity index is 711. The molecule has 0 aromatic heterocycles. The zero-order valence-corrected chi connectivity index (χ0v) is 16.6. The van der Waals surface area contributed by atoms with E-state index in [1.54, 1.807) is 7.11 Å². The van der Waals surface area contributed by atoms with E-state index in [2.05, 4.69) is 46.4 Å². The molecule has 0 aliphatic heterocycles. The minimum Gasteiger partial charge on any atom is -0.493 e. The van der Waals surface area contributed by atoms with Gasteiger partial charge in [0.1, 0.15) is 6.61 Å². The fraction of sp³-hybridized carbons (Fsp3) is 0.429. The number of benzene rings is 2. The van der Waals surface area contributed by atoms with Crippen LogP contribution in [-0.2, 0) is 13.2 Å². The summed E-state index contributed by atoms with van der Waals surface area (Å²) in [7, 11) is 1.69. The van der Waals surface area contributed by atoms with Crippen LogP contribution in [0.3, 0.4) is 0 Å². The van der Waals surface area contributed by atoms with Crippen LogP contribution in [0.5, 0.6) is 11.5 Å². The molecular weight excluding hydrogens is 378 g/mol. The molecule has 0 atom stereocenters. The predicted molar refractivity (Wildman–Crippen MR) is 105 cm³/mol. The Morgan fingerprint density at radius 3 is 2.56 bits per heavy atom. The minimum atomic E-state index is 0.537. The van der Waals surface area contributed by atoms with Gasteiger partial charge in [-0.05, 0) is 48.6 Å². The molecule has 2 aromatic carbocycles. The monoisotopic (exact) mass is 403 g/mol. The third kappa shape index (κ3) is 4.77. The Hall–Kier alpha value is -1.52. The summed E-state index contributed by atoms with van der Waals surface area (Å²) in [6, 6.07) is 13.0. The Kier molecular flexibility index (Phi) is 6.38. The zero-order valence-electron chi connectivity index (χ0n) is 15.0. The number of nitrogens with one attached hydrogen (secondary N) is 1. The SMILES string of the molecule is COc1cc(CNC2CCCC2)c(Br)cc1OCc1ccccc1C. The number of methoxy groups -OCH3 is 1. The molecule has 1 aliphatic rings. The molecule has 1 saturated carbocycles. The number of ether oxygens (including phenoxy) is 2. The molecule has 0 unspecified atom stereocenters. The standard InChI is InChI=1S/C21H26BrNO2/c1-15-7-3-4-8-16(15)14-25-21-12-19(22)17(11-20(21)24-2)13-23-18-9-5-6-10-18/h3-4,7-8,11-12,18,23H,5-6,9-10,13-14H2,1-2H3. The van der Waals surface area contributed by atoms with E-state index in [4.69, 9.17) is 9.47 Å². The molecule has 4 heteroatoms. The number of hydrogen-bond acceptors (Lipinski definition) is 3. The summed E-state index contributed by atoms with van der Waals surface area (Å²) >= 11 is 3.69. The van der Waals surface area contributed by atoms with Gasteiger partial charge < -0.3 is 14.8 Å². The second-order valence-electron chi connectivity index (χ2n) is 6.67. The molecule has 134 valence electrons. The van der Waals surface area contributed by atoms with Crippen molar-refractivity contribution in [1.82, 2.24) is 5.32 Å². The van der Waals surface area contributed by atoms with Crippen LogP contribution in [-0.4, -0.2) is 13.2 Å². The molecule has 2 aromatic rings. The van der Waals surface area contributed by atoms with Gasteiger partial charge in [-0.1, -0.05) is 53.0 Å². The number of halogens is 1. The first-order chi connectivity index (χ1) is 12.2. The summed E-state index contributed by atoms with van der Waals surface area (Å²) in [4.78, 5) is 0. The lowest BCUT2D eigenvalue weighted by Crippen LogP contribution is -2.25. The van der Waals surface area contributed by atoms with Crippen LogP contribution in [0.4, 0.5) is 0 Å². The fourth-order valence-corrected chi connectivity index (χ4v) is 3.76. The van der Waals surface area contributed by atoms with E-state index in [1.807, 2.05) is 18.2 Å². The summed E-state index contributed by atoms with van der Waals surface area (Å²) in [5.41, 5.74) is 3.62. The van der Waals surface area contributed by atoms with Gasteiger partial charge in [-0.25, -0.2) is 0 Å². The number of rotatable bonds is 7. The van der Waals surface area contributed by atoms with Crippen molar-refractivity contribution < 1.29 is 9.47 Å². The lowest BCUT2D eigenvalue weighted by molar-refractivity contribution is 0.283. The zero-order chi connectivity index (χ0) is 17.6. The molecule has 0 saturated heterocycles. The first-order valence-electron chi connectivity index (χ1n) is 8.94.